The number of hydrogen-bond donors (Lipinski definition) is 1. The zero-order valence-corrected chi connectivity index (χ0v) is 12.6. The van der Waals surface area contributed by atoms with Crippen LogP contribution in [-0.4, -0.2) is 12.7 Å². The van der Waals surface area contributed by atoms with Crippen LogP contribution in [0.1, 0.15) is 9.67 Å². The maximum Gasteiger partial charge on any atom is 0.265 e. The van der Waals surface area contributed by atoms with Crippen LogP contribution in [0.2, 0.25) is 5.02 Å². The molecule has 7 heteroatoms. The van der Waals surface area contributed by atoms with E-state index in [2.05, 4.69) is 21.2 Å². The molecule has 4 nitrogen and oxygen atoms in total. The fourth-order valence-corrected chi connectivity index (χ4v) is 3.12. The number of thiophene rings is 1. The molecule has 2 heterocycles. The lowest BCUT2D eigenvalue weighted by atomic mass is 10.2. The Morgan fingerprint density at radius 3 is 2.74 bits per heavy atom. The zero-order chi connectivity index (χ0) is 13.4. The van der Waals surface area contributed by atoms with E-state index in [0.717, 1.165) is 3.79 Å². The van der Waals surface area contributed by atoms with Crippen molar-refractivity contribution in [1.82, 2.24) is 0 Å². The van der Waals surface area contributed by atoms with Crippen LogP contribution in [0.4, 0.5) is 5.69 Å². The van der Waals surface area contributed by atoms with Crippen LogP contribution < -0.4 is 14.8 Å². The molecule has 1 aromatic carbocycles. The van der Waals surface area contributed by atoms with Crippen molar-refractivity contribution in [2.75, 3.05) is 12.1 Å². The van der Waals surface area contributed by atoms with E-state index in [0.29, 0.717) is 27.1 Å². The van der Waals surface area contributed by atoms with Crippen LogP contribution in [0.5, 0.6) is 11.5 Å². The van der Waals surface area contributed by atoms with Gasteiger partial charge in [0.15, 0.2) is 11.5 Å². The minimum absolute atomic E-state index is 0.168. The Balaban J connectivity index is 1.85. The predicted molar refractivity (Wildman–Crippen MR) is 77.5 cm³/mol. The van der Waals surface area contributed by atoms with Crippen molar-refractivity contribution in [3.8, 4) is 11.5 Å². The molecule has 1 aliphatic rings. The van der Waals surface area contributed by atoms with Crippen LogP contribution >= 0.6 is 38.9 Å². The topological polar surface area (TPSA) is 47.6 Å². The molecule has 0 unspecified atom stereocenters. The number of rotatable bonds is 2. The summed E-state index contributed by atoms with van der Waals surface area (Å²) in [7, 11) is 0. The molecule has 3 rings (SSSR count). The molecule has 98 valence electrons. The predicted octanol–water partition coefficient (Wildman–Crippen LogP) is 4.15. The number of amides is 1. The lowest BCUT2D eigenvalue weighted by Crippen LogP contribution is -2.10. The highest BCUT2D eigenvalue weighted by atomic mass is 79.9. The van der Waals surface area contributed by atoms with E-state index in [1.54, 1.807) is 18.2 Å². The molecule has 0 aliphatic carbocycles. The molecule has 1 aliphatic heterocycles. The molecule has 0 saturated carbocycles. The van der Waals surface area contributed by atoms with E-state index < -0.39 is 0 Å². The van der Waals surface area contributed by atoms with Crippen LogP contribution in [0.15, 0.2) is 28.1 Å². The Hall–Kier alpha value is -1.24. The lowest BCUT2D eigenvalue weighted by Gasteiger charge is -2.07. The summed E-state index contributed by atoms with van der Waals surface area (Å²) in [5, 5.41) is 3.16. The van der Waals surface area contributed by atoms with Crippen LogP contribution in [-0.2, 0) is 0 Å². The third-order valence-corrected chi connectivity index (χ3v) is 4.44. The molecule has 19 heavy (non-hydrogen) atoms. The molecule has 1 amide bonds. The SMILES string of the molecule is O=C(Nc1cc2c(cc1Cl)OCO2)c1ccc(Br)s1. The molecule has 1 N–H and O–H groups in total. The average Bonchev–Trinajstić information content (AvgIpc) is 2.98. The number of carbonyl (C=O) groups is 1. The van der Waals surface area contributed by atoms with Gasteiger partial charge in [-0.05, 0) is 28.1 Å². The van der Waals surface area contributed by atoms with Gasteiger partial charge >= 0.3 is 0 Å². The number of fused-ring (bicyclic) bond motifs is 1. The molecule has 0 spiro atoms. The van der Waals surface area contributed by atoms with Gasteiger partial charge in [-0.15, -0.1) is 11.3 Å². The summed E-state index contributed by atoms with van der Waals surface area (Å²) in [5.41, 5.74) is 0.500. The average molecular weight is 361 g/mol. The normalized spacial score (nSPS) is 12.5. The minimum atomic E-state index is -0.212. The number of nitrogens with one attached hydrogen (secondary N) is 1. The summed E-state index contributed by atoms with van der Waals surface area (Å²) in [6, 6.07) is 6.85. The summed E-state index contributed by atoms with van der Waals surface area (Å²) in [4.78, 5) is 12.6. The van der Waals surface area contributed by atoms with Gasteiger partial charge < -0.3 is 14.8 Å². The Kier molecular flexibility index (Phi) is 3.38. The van der Waals surface area contributed by atoms with Crippen molar-refractivity contribution in [3.05, 3.63) is 38.0 Å². The molecule has 2 aromatic rings. The summed E-state index contributed by atoms with van der Waals surface area (Å²) < 4.78 is 11.3. The van der Waals surface area contributed by atoms with Gasteiger partial charge in [0.1, 0.15) is 0 Å². The first-order valence-electron chi connectivity index (χ1n) is 5.29. The molecule has 0 saturated heterocycles. The monoisotopic (exact) mass is 359 g/mol. The second-order valence-corrected chi connectivity index (χ2v) is 6.61. The lowest BCUT2D eigenvalue weighted by molar-refractivity contribution is 0.103. The zero-order valence-electron chi connectivity index (χ0n) is 9.41. The molecule has 0 radical (unpaired) electrons. The smallest absolute Gasteiger partial charge is 0.265 e. The van der Waals surface area contributed by atoms with Gasteiger partial charge in [0.05, 0.1) is 19.4 Å². The molecule has 0 atom stereocenters. The van der Waals surface area contributed by atoms with E-state index in [-0.39, 0.29) is 12.7 Å². The van der Waals surface area contributed by atoms with Crippen molar-refractivity contribution in [3.63, 3.8) is 0 Å². The standard InChI is InChI=1S/C12H7BrClNO3S/c13-11-2-1-10(19-11)12(16)15-7-4-9-8(3-6(7)14)17-5-18-9/h1-4H,5H2,(H,15,16). The minimum Gasteiger partial charge on any atom is -0.454 e. The first-order valence-corrected chi connectivity index (χ1v) is 7.28. The number of carbonyl (C=O) groups excluding carboxylic acids is 1. The van der Waals surface area contributed by atoms with Crippen molar-refractivity contribution in [1.29, 1.82) is 0 Å². The van der Waals surface area contributed by atoms with Crippen molar-refractivity contribution in [2.45, 2.75) is 0 Å². The number of halogens is 2. The third-order valence-electron chi connectivity index (χ3n) is 2.51. The quantitative estimate of drug-likeness (QED) is 0.875. The van der Waals surface area contributed by atoms with Crippen LogP contribution in [0.3, 0.4) is 0 Å². The molecule has 0 bridgehead atoms. The van der Waals surface area contributed by atoms with E-state index in [9.17, 15) is 4.79 Å². The summed E-state index contributed by atoms with van der Waals surface area (Å²) in [6.07, 6.45) is 0. The number of benzene rings is 1. The molecular weight excluding hydrogens is 354 g/mol. The van der Waals surface area contributed by atoms with Crippen LogP contribution in [0, 0.1) is 0 Å². The first-order chi connectivity index (χ1) is 9.13. The van der Waals surface area contributed by atoms with Gasteiger partial charge in [0.2, 0.25) is 6.79 Å². The Bertz CT molecular complexity index is 658. The largest absolute Gasteiger partial charge is 0.454 e. The van der Waals surface area contributed by atoms with Crippen molar-refractivity contribution < 1.29 is 14.3 Å². The second kappa shape index (κ2) is 5.03. The summed E-state index contributed by atoms with van der Waals surface area (Å²) in [6.45, 7) is 0.168. The van der Waals surface area contributed by atoms with Gasteiger partial charge in [0, 0.05) is 12.1 Å². The van der Waals surface area contributed by atoms with E-state index in [4.69, 9.17) is 21.1 Å². The number of ether oxygens (including phenoxy) is 2. The van der Waals surface area contributed by atoms with Gasteiger partial charge in [-0.2, -0.15) is 0 Å². The molecular formula is C12H7BrClNO3S. The Morgan fingerprint density at radius 1 is 1.32 bits per heavy atom. The summed E-state index contributed by atoms with van der Waals surface area (Å²) in [5.74, 6) is 0.949. The van der Waals surface area contributed by atoms with Crippen molar-refractivity contribution >= 4 is 50.5 Å². The maximum atomic E-state index is 12.0. The highest BCUT2D eigenvalue weighted by molar-refractivity contribution is 9.11. The number of anilines is 1. The van der Waals surface area contributed by atoms with E-state index in [1.807, 2.05) is 6.07 Å². The van der Waals surface area contributed by atoms with Gasteiger partial charge in [-0.3, -0.25) is 4.79 Å². The second-order valence-electron chi connectivity index (χ2n) is 3.74. The van der Waals surface area contributed by atoms with Crippen LogP contribution in [0.25, 0.3) is 0 Å². The van der Waals surface area contributed by atoms with E-state index in [1.165, 1.54) is 11.3 Å². The van der Waals surface area contributed by atoms with Gasteiger partial charge in [0.25, 0.3) is 5.91 Å². The first kappa shape index (κ1) is 12.8. The molecule has 0 fully saturated rings. The fraction of sp³-hybridized carbons (Fsp3) is 0.0833. The molecule has 1 aromatic heterocycles. The maximum absolute atomic E-state index is 12.0. The highest BCUT2D eigenvalue weighted by Crippen LogP contribution is 2.39. The Morgan fingerprint density at radius 2 is 2.05 bits per heavy atom. The highest BCUT2D eigenvalue weighted by Gasteiger charge is 2.18. The summed E-state index contributed by atoms with van der Waals surface area (Å²) >= 11 is 10.8. The van der Waals surface area contributed by atoms with Gasteiger partial charge in [-0.1, -0.05) is 11.6 Å². The fourth-order valence-electron chi connectivity index (χ4n) is 1.63. The third kappa shape index (κ3) is 2.56. The van der Waals surface area contributed by atoms with Crippen molar-refractivity contribution in [2.24, 2.45) is 0 Å². The number of hydrogen-bond acceptors (Lipinski definition) is 4. The van der Waals surface area contributed by atoms with Gasteiger partial charge in [-0.25, -0.2) is 0 Å². The Labute approximate surface area is 126 Å². The van der Waals surface area contributed by atoms with E-state index >= 15 is 0 Å².